The van der Waals surface area contributed by atoms with Gasteiger partial charge in [0, 0.05) is 11.3 Å². The molecule has 2 rings (SSSR count). The highest BCUT2D eigenvalue weighted by Crippen LogP contribution is 2.28. The molecule has 0 aliphatic carbocycles. The van der Waals surface area contributed by atoms with E-state index in [9.17, 15) is 18.0 Å². The molecule has 0 spiro atoms. The van der Waals surface area contributed by atoms with Crippen LogP contribution in [0.2, 0.25) is 0 Å². The van der Waals surface area contributed by atoms with Crippen LogP contribution in [0.25, 0.3) is 0 Å². The van der Waals surface area contributed by atoms with Crippen molar-refractivity contribution in [2.24, 2.45) is 0 Å². The summed E-state index contributed by atoms with van der Waals surface area (Å²) in [5, 5.41) is 0. The normalized spacial score (nSPS) is 18.1. The fourth-order valence-corrected chi connectivity index (χ4v) is 1.57. The zero-order chi connectivity index (χ0) is 11.9. The predicted octanol–water partition coefficient (Wildman–Crippen LogP) is 1.50. The molecule has 1 heterocycles. The van der Waals surface area contributed by atoms with Crippen LogP contribution in [0.15, 0.2) is 18.2 Å². The average molecular weight is 230 g/mol. The summed E-state index contributed by atoms with van der Waals surface area (Å²) in [6.45, 7) is -1.25. The third-order valence-electron chi connectivity index (χ3n) is 2.30. The van der Waals surface area contributed by atoms with Gasteiger partial charge in [0.1, 0.15) is 5.82 Å². The number of alkyl halides is 2. The molecule has 16 heavy (non-hydrogen) atoms. The highest BCUT2D eigenvalue weighted by atomic mass is 19.3. The first-order valence-corrected chi connectivity index (χ1v) is 4.60. The Kier molecular flexibility index (Phi) is 2.29. The summed E-state index contributed by atoms with van der Waals surface area (Å²) in [5.41, 5.74) is 5.44. The molecule has 1 amide bonds. The molecule has 1 aliphatic heterocycles. The molecule has 0 unspecified atom stereocenters. The van der Waals surface area contributed by atoms with Crippen LogP contribution >= 0.6 is 0 Å². The fraction of sp³-hybridized carbons (Fsp3) is 0.300. The molecule has 6 heteroatoms. The van der Waals surface area contributed by atoms with Gasteiger partial charge in [0.15, 0.2) is 0 Å². The van der Waals surface area contributed by atoms with E-state index < -0.39 is 30.7 Å². The van der Waals surface area contributed by atoms with E-state index in [1.165, 1.54) is 6.07 Å². The van der Waals surface area contributed by atoms with Crippen molar-refractivity contribution in [3.05, 3.63) is 29.6 Å². The molecular weight excluding hydrogens is 221 g/mol. The maximum absolute atomic E-state index is 12.9. The Hall–Kier alpha value is -1.72. The predicted molar refractivity (Wildman–Crippen MR) is 51.7 cm³/mol. The number of likely N-dealkylation sites (tertiary alicyclic amines) is 1. The molecule has 0 atom stereocenters. The van der Waals surface area contributed by atoms with Gasteiger partial charge in [0.05, 0.1) is 13.1 Å². The number of hydrogen-bond donors (Lipinski definition) is 1. The van der Waals surface area contributed by atoms with Crippen LogP contribution in [0.1, 0.15) is 10.4 Å². The fourth-order valence-electron chi connectivity index (χ4n) is 1.57. The molecule has 1 aliphatic rings. The van der Waals surface area contributed by atoms with Crippen molar-refractivity contribution in [1.29, 1.82) is 0 Å². The van der Waals surface area contributed by atoms with E-state index in [1.54, 1.807) is 0 Å². The van der Waals surface area contributed by atoms with Crippen molar-refractivity contribution in [3.8, 4) is 0 Å². The number of halogens is 3. The molecule has 1 aromatic rings. The van der Waals surface area contributed by atoms with E-state index in [1.807, 2.05) is 0 Å². The third kappa shape index (κ3) is 1.95. The number of nitrogen functional groups attached to an aromatic ring is 1. The maximum atomic E-state index is 12.9. The smallest absolute Gasteiger partial charge is 0.282 e. The minimum Gasteiger partial charge on any atom is -0.399 e. The van der Waals surface area contributed by atoms with Crippen LogP contribution in [-0.2, 0) is 0 Å². The van der Waals surface area contributed by atoms with E-state index >= 15 is 0 Å². The summed E-state index contributed by atoms with van der Waals surface area (Å²) in [5.74, 6) is -4.11. The summed E-state index contributed by atoms with van der Waals surface area (Å²) < 4.78 is 38.0. The third-order valence-corrected chi connectivity index (χ3v) is 2.30. The highest BCUT2D eigenvalue weighted by molar-refractivity contribution is 5.95. The molecule has 0 saturated carbocycles. The minimum atomic E-state index is -2.82. The topological polar surface area (TPSA) is 46.3 Å². The Morgan fingerprint density at radius 3 is 2.44 bits per heavy atom. The van der Waals surface area contributed by atoms with E-state index in [4.69, 9.17) is 5.73 Å². The molecule has 0 radical (unpaired) electrons. The lowest BCUT2D eigenvalue weighted by molar-refractivity contribution is -0.113. The Balaban J connectivity index is 2.16. The average Bonchev–Trinajstić information content (AvgIpc) is 2.11. The van der Waals surface area contributed by atoms with E-state index in [-0.39, 0.29) is 11.3 Å². The number of carbonyl (C=O) groups excluding carboxylic acids is 1. The van der Waals surface area contributed by atoms with Crippen LogP contribution in [0, 0.1) is 5.82 Å². The van der Waals surface area contributed by atoms with E-state index in [0.29, 0.717) is 0 Å². The van der Waals surface area contributed by atoms with Gasteiger partial charge in [0.25, 0.3) is 11.8 Å². The first kappa shape index (κ1) is 10.8. The van der Waals surface area contributed by atoms with Crippen molar-refractivity contribution in [1.82, 2.24) is 4.90 Å². The van der Waals surface area contributed by atoms with Crippen LogP contribution < -0.4 is 5.73 Å². The van der Waals surface area contributed by atoms with Gasteiger partial charge in [-0.3, -0.25) is 4.79 Å². The van der Waals surface area contributed by atoms with Crippen molar-refractivity contribution in [3.63, 3.8) is 0 Å². The second kappa shape index (κ2) is 3.40. The number of hydrogen-bond acceptors (Lipinski definition) is 2. The summed E-state index contributed by atoms with van der Waals surface area (Å²) >= 11 is 0. The van der Waals surface area contributed by atoms with Crippen molar-refractivity contribution in [2.75, 3.05) is 18.8 Å². The summed E-state index contributed by atoms with van der Waals surface area (Å²) in [6, 6.07) is 3.30. The second-order valence-corrected chi connectivity index (χ2v) is 3.79. The lowest BCUT2D eigenvalue weighted by Crippen LogP contribution is -2.58. The lowest BCUT2D eigenvalue weighted by atomic mass is 10.1. The molecule has 86 valence electrons. The summed E-state index contributed by atoms with van der Waals surface area (Å²) in [4.78, 5) is 12.5. The monoisotopic (exact) mass is 230 g/mol. The Labute approximate surface area is 89.6 Å². The minimum absolute atomic E-state index is 0.00648. The Morgan fingerprint density at radius 1 is 1.31 bits per heavy atom. The quantitative estimate of drug-likeness (QED) is 0.743. The lowest BCUT2D eigenvalue weighted by Gasteiger charge is -2.38. The van der Waals surface area contributed by atoms with Gasteiger partial charge >= 0.3 is 0 Å². The first-order valence-electron chi connectivity index (χ1n) is 4.60. The number of amides is 1. The number of rotatable bonds is 1. The summed E-state index contributed by atoms with van der Waals surface area (Å²) in [6.07, 6.45) is 0. The molecule has 1 aromatic carbocycles. The van der Waals surface area contributed by atoms with E-state index in [2.05, 4.69) is 0 Å². The van der Waals surface area contributed by atoms with Gasteiger partial charge in [-0.2, -0.15) is 0 Å². The summed E-state index contributed by atoms with van der Waals surface area (Å²) in [7, 11) is 0. The van der Waals surface area contributed by atoms with Gasteiger partial charge in [-0.15, -0.1) is 0 Å². The van der Waals surface area contributed by atoms with Crippen molar-refractivity contribution < 1.29 is 18.0 Å². The largest absolute Gasteiger partial charge is 0.399 e. The zero-order valence-corrected chi connectivity index (χ0v) is 8.21. The SMILES string of the molecule is Nc1cc(F)cc(C(=O)N2CC(F)(F)C2)c1. The van der Waals surface area contributed by atoms with Crippen LogP contribution in [0.3, 0.4) is 0 Å². The van der Waals surface area contributed by atoms with Gasteiger partial charge in [-0.1, -0.05) is 0 Å². The molecular formula is C10H9F3N2O. The molecule has 0 aromatic heterocycles. The number of anilines is 1. The number of nitrogens with zero attached hydrogens (tertiary/aromatic N) is 1. The van der Waals surface area contributed by atoms with Crippen LogP contribution in [-0.4, -0.2) is 29.8 Å². The molecule has 2 N–H and O–H groups in total. The molecule has 1 fully saturated rings. The van der Waals surface area contributed by atoms with E-state index in [0.717, 1.165) is 17.0 Å². The van der Waals surface area contributed by atoms with Crippen molar-refractivity contribution in [2.45, 2.75) is 5.92 Å². The first-order chi connectivity index (χ1) is 7.37. The van der Waals surface area contributed by atoms with Crippen LogP contribution in [0.4, 0.5) is 18.9 Å². The molecule has 0 bridgehead atoms. The highest BCUT2D eigenvalue weighted by Gasteiger charge is 2.46. The molecule has 3 nitrogen and oxygen atoms in total. The standard InChI is InChI=1S/C10H9F3N2O/c11-7-1-6(2-8(14)3-7)9(16)15-4-10(12,13)5-15/h1-3H,4-5,14H2. The number of benzene rings is 1. The number of carbonyl (C=O) groups is 1. The number of nitrogens with two attached hydrogens (primary N) is 1. The zero-order valence-electron chi connectivity index (χ0n) is 8.21. The van der Waals surface area contributed by atoms with Gasteiger partial charge in [-0.05, 0) is 18.2 Å². The maximum Gasteiger partial charge on any atom is 0.282 e. The second-order valence-electron chi connectivity index (χ2n) is 3.79. The van der Waals surface area contributed by atoms with Gasteiger partial charge < -0.3 is 10.6 Å². The van der Waals surface area contributed by atoms with Crippen LogP contribution in [0.5, 0.6) is 0 Å². The molecule has 1 saturated heterocycles. The van der Waals surface area contributed by atoms with Crippen molar-refractivity contribution >= 4 is 11.6 Å². The van der Waals surface area contributed by atoms with Gasteiger partial charge in [0.2, 0.25) is 0 Å². The van der Waals surface area contributed by atoms with Gasteiger partial charge in [-0.25, -0.2) is 13.2 Å². The Bertz CT molecular complexity index is 419. The Morgan fingerprint density at radius 2 is 1.94 bits per heavy atom.